The van der Waals surface area contributed by atoms with Gasteiger partial charge in [0.2, 0.25) is 11.8 Å². The summed E-state index contributed by atoms with van der Waals surface area (Å²) in [4.78, 5) is 28.1. The van der Waals surface area contributed by atoms with Crippen molar-refractivity contribution in [2.75, 3.05) is 17.4 Å². The molecule has 0 unspecified atom stereocenters. The van der Waals surface area contributed by atoms with E-state index in [1.54, 1.807) is 68.4 Å². The Hall–Kier alpha value is -3.36. The number of nitrogens with zero attached hydrogens (tertiary/aromatic N) is 2. The van der Waals surface area contributed by atoms with Gasteiger partial charge in [0.1, 0.15) is 12.6 Å². The van der Waals surface area contributed by atoms with E-state index in [9.17, 15) is 18.0 Å². The zero-order valence-electron chi connectivity index (χ0n) is 21.4. The Balaban J connectivity index is 2.06. The SMILES string of the molecule is CCNC(=O)[C@@H](C)N(Cc1ccc(Cl)cc1)C(=O)CN(c1cccc(C)c1C)S(=O)(=O)c1ccccc1. The van der Waals surface area contributed by atoms with Crippen LogP contribution in [0.1, 0.15) is 30.5 Å². The van der Waals surface area contributed by atoms with E-state index < -0.39 is 28.5 Å². The first kappa shape index (κ1) is 28.2. The summed E-state index contributed by atoms with van der Waals surface area (Å²) in [5.41, 5.74) is 2.81. The summed E-state index contributed by atoms with van der Waals surface area (Å²) in [7, 11) is -4.09. The molecule has 0 fully saturated rings. The zero-order valence-corrected chi connectivity index (χ0v) is 23.0. The summed E-state index contributed by atoms with van der Waals surface area (Å²) in [5.74, 6) is -0.830. The molecule has 9 heteroatoms. The summed E-state index contributed by atoms with van der Waals surface area (Å²) in [6.07, 6.45) is 0. The van der Waals surface area contributed by atoms with E-state index in [-0.39, 0.29) is 17.3 Å². The van der Waals surface area contributed by atoms with Gasteiger partial charge in [-0.1, -0.05) is 54.1 Å². The van der Waals surface area contributed by atoms with Gasteiger partial charge in [-0.15, -0.1) is 0 Å². The minimum Gasteiger partial charge on any atom is -0.355 e. The topological polar surface area (TPSA) is 86.8 Å². The Kier molecular flexibility index (Phi) is 9.34. The molecule has 0 saturated carbocycles. The molecular formula is C28H32ClN3O4S. The van der Waals surface area contributed by atoms with Gasteiger partial charge in [0, 0.05) is 18.1 Å². The monoisotopic (exact) mass is 541 g/mol. The fraction of sp³-hybridized carbons (Fsp3) is 0.286. The summed E-state index contributed by atoms with van der Waals surface area (Å²) in [6, 6.07) is 19.5. The highest BCUT2D eigenvalue weighted by atomic mass is 35.5. The standard InChI is InChI=1S/C28H32ClN3O4S/c1-5-30-28(34)22(4)31(18-23-14-16-24(29)17-15-23)27(33)19-32(26-13-9-10-20(2)21(26)3)37(35,36)25-11-7-6-8-12-25/h6-17,22H,5,18-19H2,1-4H3,(H,30,34)/t22-/m1/s1. The second kappa shape index (κ2) is 12.3. The fourth-order valence-corrected chi connectivity index (χ4v) is 5.55. The Morgan fingerprint density at radius 2 is 1.59 bits per heavy atom. The molecule has 196 valence electrons. The Morgan fingerprint density at radius 1 is 0.946 bits per heavy atom. The second-order valence-electron chi connectivity index (χ2n) is 8.76. The highest BCUT2D eigenvalue weighted by Gasteiger charge is 2.33. The van der Waals surface area contributed by atoms with E-state index in [0.717, 1.165) is 21.0 Å². The number of anilines is 1. The third-order valence-corrected chi connectivity index (χ3v) is 8.27. The normalized spacial score (nSPS) is 12.0. The largest absolute Gasteiger partial charge is 0.355 e. The predicted molar refractivity (Wildman–Crippen MR) is 147 cm³/mol. The van der Waals surface area contributed by atoms with Crippen molar-refractivity contribution in [3.8, 4) is 0 Å². The number of aryl methyl sites for hydroxylation is 1. The first-order valence-corrected chi connectivity index (χ1v) is 13.8. The molecule has 3 aromatic carbocycles. The van der Waals surface area contributed by atoms with E-state index in [1.807, 2.05) is 19.9 Å². The molecule has 0 aliphatic heterocycles. The second-order valence-corrected chi connectivity index (χ2v) is 11.1. The number of carbonyl (C=O) groups excluding carboxylic acids is 2. The Morgan fingerprint density at radius 3 is 2.22 bits per heavy atom. The molecule has 0 aliphatic carbocycles. The highest BCUT2D eigenvalue weighted by Crippen LogP contribution is 2.29. The van der Waals surface area contributed by atoms with Gasteiger partial charge in [-0.3, -0.25) is 13.9 Å². The molecule has 3 aromatic rings. The molecule has 37 heavy (non-hydrogen) atoms. The van der Waals surface area contributed by atoms with Crippen LogP contribution >= 0.6 is 11.6 Å². The van der Waals surface area contributed by atoms with E-state index in [0.29, 0.717) is 17.3 Å². The average Bonchev–Trinajstić information content (AvgIpc) is 2.88. The van der Waals surface area contributed by atoms with Crippen molar-refractivity contribution in [2.24, 2.45) is 0 Å². The molecule has 0 spiro atoms. The molecule has 0 aliphatic rings. The third kappa shape index (κ3) is 6.70. The van der Waals surface area contributed by atoms with Crippen LogP contribution in [0.25, 0.3) is 0 Å². The van der Waals surface area contributed by atoms with Crippen LogP contribution in [0.15, 0.2) is 77.7 Å². The molecular weight excluding hydrogens is 510 g/mol. The van der Waals surface area contributed by atoms with Crippen molar-refractivity contribution < 1.29 is 18.0 Å². The molecule has 1 atom stereocenters. The van der Waals surface area contributed by atoms with Crippen LogP contribution in [0.5, 0.6) is 0 Å². The molecule has 3 rings (SSSR count). The number of halogens is 1. The minimum atomic E-state index is -4.09. The van der Waals surface area contributed by atoms with Gasteiger partial charge in [-0.2, -0.15) is 0 Å². The maximum absolute atomic E-state index is 13.8. The average molecular weight is 542 g/mol. The molecule has 0 bridgehead atoms. The van der Waals surface area contributed by atoms with Crippen molar-refractivity contribution in [3.63, 3.8) is 0 Å². The summed E-state index contributed by atoms with van der Waals surface area (Å²) in [6.45, 7) is 7.18. The maximum atomic E-state index is 13.8. The Labute approximate surface area is 224 Å². The number of nitrogens with one attached hydrogen (secondary N) is 1. The van der Waals surface area contributed by atoms with E-state index >= 15 is 0 Å². The van der Waals surface area contributed by atoms with Crippen LogP contribution in [-0.4, -0.2) is 44.3 Å². The van der Waals surface area contributed by atoms with Crippen molar-refractivity contribution in [2.45, 2.75) is 45.2 Å². The number of amides is 2. The van der Waals surface area contributed by atoms with Gasteiger partial charge >= 0.3 is 0 Å². The van der Waals surface area contributed by atoms with Gasteiger partial charge in [0.05, 0.1) is 10.6 Å². The summed E-state index contributed by atoms with van der Waals surface area (Å²) < 4.78 is 28.8. The van der Waals surface area contributed by atoms with E-state index in [4.69, 9.17) is 11.6 Å². The van der Waals surface area contributed by atoms with Crippen LogP contribution in [0.3, 0.4) is 0 Å². The lowest BCUT2D eigenvalue weighted by atomic mass is 10.1. The molecule has 0 radical (unpaired) electrons. The molecule has 7 nitrogen and oxygen atoms in total. The summed E-state index contributed by atoms with van der Waals surface area (Å²) in [5, 5.41) is 3.30. The van der Waals surface area contributed by atoms with Crippen LogP contribution in [0.2, 0.25) is 5.02 Å². The smallest absolute Gasteiger partial charge is 0.264 e. The highest BCUT2D eigenvalue weighted by molar-refractivity contribution is 7.92. The van der Waals surface area contributed by atoms with Crippen molar-refractivity contribution in [3.05, 3.63) is 94.5 Å². The third-order valence-electron chi connectivity index (χ3n) is 6.24. The van der Waals surface area contributed by atoms with Crippen LogP contribution in [0.4, 0.5) is 5.69 Å². The van der Waals surface area contributed by atoms with Gasteiger partial charge < -0.3 is 10.2 Å². The van der Waals surface area contributed by atoms with Crippen LogP contribution in [-0.2, 0) is 26.2 Å². The quantitative estimate of drug-likeness (QED) is 0.403. The number of carbonyl (C=O) groups is 2. The van der Waals surface area contributed by atoms with Crippen LogP contribution in [0, 0.1) is 13.8 Å². The number of likely N-dealkylation sites (N-methyl/N-ethyl adjacent to an activating group) is 1. The molecule has 1 N–H and O–H groups in total. The number of benzene rings is 3. The zero-order chi connectivity index (χ0) is 27.2. The van der Waals surface area contributed by atoms with Crippen LogP contribution < -0.4 is 9.62 Å². The molecule has 0 heterocycles. The predicted octanol–water partition coefficient (Wildman–Crippen LogP) is 4.71. The van der Waals surface area contributed by atoms with E-state index in [2.05, 4.69) is 5.32 Å². The molecule has 0 aromatic heterocycles. The van der Waals surface area contributed by atoms with Gasteiger partial charge in [-0.05, 0) is 74.7 Å². The lowest BCUT2D eigenvalue weighted by Gasteiger charge is -2.32. The molecule has 2 amide bonds. The number of hydrogen-bond donors (Lipinski definition) is 1. The lowest BCUT2D eigenvalue weighted by molar-refractivity contribution is -0.139. The first-order valence-electron chi connectivity index (χ1n) is 12.0. The van der Waals surface area contributed by atoms with E-state index in [1.165, 1.54) is 17.0 Å². The summed E-state index contributed by atoms with van der Waals surface area (Å²) >= 11 is 6.02. The van der Waals surface area contributed by atoms with Gasteiger partial charge in [0.25, 0.3) is 10.0 Å². The number of sulfonamides is 1. The minimum absolute atomic E-state index is 0.0738. The number of hydrogen-bond acceptors (Lipinski definition) is 4. The van der Waals surface area contributed by atoms with Crippen molar-refractivity contribution in [1.82, 2.24) is 10.2 Å². The number of rotatable bonds is 10. The Bertz CT molecular complexity index is 1350. The fourth-order valence-electron chi connectivity index (χ4n) is 3.93. The van der Waals surface area contributed by atoms with Crippen molar-refractivity contribution >= 4 is 39.1 Å². The maximum Gasteiger partial charge on any atom is 0.264 e. The van der Waals surface area contributed by atoms with Gasteiger partial charge in [0.15, 0.2) is 0 Å². The van der Waals surface area contributed by atoms with Crippen molar-refractivity contribution in [1.29, 1.82) is 0 Å². The van der Waals surface area contributed by atoms with Gasteiger partial charge in [-0.25, -0.2) is 8.42 Å². The molecule has 0 saturated heterocycles. The lowest BCUT2D eigenvalue weighted by Crippen LogP contribution is -2.51. The first-order chi connectivity index (χ1) is 17.6.